The van der Waals surface area contributed by atoms with Crippen molar-refractivity contribution in [1.29, 1.82) is 0 Å². The fraction of sp³-hybridized carbons (Fsp3) is 0.500. The molecule has 0 radical (unpaired) electrons. The summed E-state index contributed by atoms with van der Waals surface area (Å²) in [5, 5.41) is -0.0645. The van der Waals surface area contributed by atoms with Crippen LogP contribution in [0.25, 0.3) is 11.2 Å². The summed E-state index contributed by atoms with van der Waals surface area (Å²) in [7, 11) is 0. The molecule has 12 nitrogen and oxygen atoms in total. The monoisotopic (exact) mass is 601 g/mol. The van der Waals surface area contributed by atoms with Gasteiger partial charge in [0.15, 0.2) is 35.4 Å². The lowest BCUT2D eigenvalue weighted by atomic mass is 9.81. The van der Waals surface area contributed by atoms with Crippen molar-refractivity contribution in [1.82, 2.24) is 19.5 Å². The van der Waals surface area contributed by atoms with Crippen LogP contribution in [0.1, 0.15) is 58.2 Å². The van der Waals surface area contributed by atoms with Gasteiger partial charge in [-0.2, -0.15) is 9.97 Å². The highest BCUT2D eigenvalue weighted by molar-refractivity contribution is 6.28. The molecule has 2 fully saturated rings. The third-order valence-electron chi connectivity index (χ3n) is 8.09. The Hall–Kier alpha value is -3.84. The number of aromatic nitrogens is 4. The molecule has 1 saturated carbocycles. The summed E-state index contributed by atoms with van der Waals surface area (Å²) in [6.07, 6.45) is 1.17. The summed E-state index contributed by atoms with van der Waals surface area (Å²) < 4.78 is 38.3. The molecule has 0 amide bonds. The van der Waals surface area contributed by atoms with E-state index in [2.05, 4.69) is 15.0 Å². The van der Waals surface area contributed by atoms with Crippen LogP contribution in [0.3, 0.4) is 0 Å². The van der Waals surface area contributed by atoms with Crippen LogP contribution < -0.4 is 4.90 Å². The summed E-state index contributed by atoms with van der Waals surface area (Å²) in [5.41, 5.74) is 2.23. The van der Waals surface area contributed by atoms with Gasteiger partial charge in [0.2, 0.25) is 5.28 Å². The van der Waals surface area contributed by atoms with Crippen LogP contribution >= 0.6 is 11.6 Å². The van der Waals surface area contributed by atoms with Crippen LogP contribution in [0.15, 0.2) is 24.5 Å². The van der Waals surface area contributed by atoms with E-state index in [4.69, 9.17) is 30.5 Å². The number of carbonyl (C=O) groups excluding carboxylic acids is 3. The Labute approximate surface area is 245 Å². The van der Waals surface area contributed by atoms with Gasteiger partial charge in [-0.05, 0) is 48.2 Å². The molecule has 2 unspecified atom stereocenters. The minimum atomic E-state index is -1.13. The molecule has 0 bridgehead atoms. The average Bonchev–Trinajstić information content (AvgIpc) is 3.69. The van der Waals surface area contributed by atoms with Gasteiger partial charge >= 0.3 is 17.9 Å². The van der Waals surface area contributed by atoms with Crippen molar-refractivity contribution >= 4 is 52.2 Å². The largest absolute Gasteiger partial charge is 0.463 e. The zero-order valence-corrected chi connectivity index (χ0v) is 24.0. The van der Waals surface area contributed by atoms with Crippen LogP contribution in [0.4, 0.5) is 15.9 Å². The number of imidazole rings is 1. The van der Waals surface area contributed by atoms with Crippen LogP contribution in [-0.4, -0.2) is 68.9 Å². The van der Waals surface area contributed by atoms with Gasteiger partial charge in [0.1, 0.15) is 18.5 Å². The average molecular weight is 602 g/mol. The van der Waals surface area contributed by atoms with Gasteiger partial charge in [0, 0.05) is 38.4 Å². The highest BCUT2D eigenvalue weighted by Gasteiger charge is 2.51. The molecular weight excluding hydrogens is 573 g/mol. The molecule has 0 N–H and O–H groups in total. The normalized spacial score (nSPS) is 24.3. The molecule has 1 spiro atoms. The summed E-state index contributed by atoms with van der Waals surface area (Å²) in [4.78, 5) is 51.2. The number of esters is 3. The highest BCUT2D eigenvalue weighted by atomic mass is 35.5. The number of hydrogen-bond acceptors (Lipinski definition) is 11. The van der Waals surface area contributed by atoms with Crippen LogP contribution in [-0.2, 0) is 38.7 Å². The second kappa shape index (κ2) is 10.8. The van der Waals surface area contributed by atoms with E-state index in [0.717, 1.165) is 36.9 Å². The first-order chi connectivity index (χ1) is 20.1. The maximum atomic E-state index is 14.4. The Morgan fingerprint density at radius 2 is 1.79 bits per heavy atom. The van der Waals surface area contributed by atoms with Gasteiger partial charge in [-0.15, -0.1) is 0 Å². The molecule has 4 heterocycles. The predicted octanol–water partition coefficient (Wildman–Crippen LogP) is 3.91. The van der Waals surface area contributed by atoms with Crippen molar-refractivity contribution in [2.45, 2.75) is 76.4 Å². The number of nitrogens with zero attached hydrogens (tertiary/aromatic N) is 5. The molecule has 6 rings (SSSR count). The first kappa shape index (κ1) is 28.3. The molecule has 2 aromatic heterocycles. The fourth-order valence-corrected chi connectivity index (χ4v) is 6.64. The Bertz CT molecular complexity index is 1580. The zero-order valence-electron chi connectivity index (χ0n) is 23.2. The molecule has 1 saturated heterocycles. The second-order valence-corrected chi connectivity index (χ2v) is 11.2. The second-order valence-electron chi connectivity index (χ2n) is 10.9. The molecule has 14 heteroatoms. The maximum absolute atomic E-state index is 14.4. The van der Waals surface area contributed by atoms with E-state index in [0.29, 0.717) is 17.9 Å². The van der Waals surface area contributed by atoms with E-state index in [9.17, 15) is 18.8 Å². The number of ether oxygens (including phenoxy) is 4. The zero-order chi connectivity index (χ0) is 29.8. The Morgan fingerprint density at radius 3 is 2.48 bits per heavy atom. The van der Waals surface area contributed by atoms with Gasteiger partial charge < -0.3 is 23.8 Å². The standard InChI is InChI=1S/C28H29ClFN5O7/c1-14(36)39-11-20-22(40-15(2)37)23(41-16(3)38)26(42-20)35-13-31-21-24(32-27(29)33-25(21)35)34-12-28(8-4-5-9-28)18-10-17(30)6-7-19(18)34/h6-7,10,13,20,22-23,26H,4-5,8-9,11-12H2,1-3H3/t20-,22?,23?,26-/m1/s1. The summed E-state index contributed by atoms with van der Waals surface area (Å²) in [5.74, 6) is -1.69. The summed E-state index contributed by atoms with van der Waals surface area (Å²) in [6.45, 7) is 4.00. The molecule has 3 aliphatic rings. The Morgan fingerprint density at radius 1 is 1.07 bits per heavy atom. The number of rotatable bonds is 6. The predicted molar refractivity (Wildman–Crippen MR) is 146 cm³/mol. The highest BCUT2D eigenvalue weighted by Crippen LogP contribution is 2.53. The molecule has 2 aliphatic heterocycles. The molecular formula is C28H29ClFN5O7. The number of carbonyl (C=O) groups is 3. The molecule has 3 aromatic rings. The van der Waals surface area contributed by atoms with Gasteiger partial charge in [0.25, 0.3) is 0 Å². The Balaban J connectivity index is 1.43. The third kappa shape index (κ3) is 4.94. The van der Waals surface area contributed by atoms with Gasteiger partial charge in [-0.25, -0.2) is 9.37 Å². The lowest BCUT2D eigenvalue weighted by Crippen LogP contribution is -2.40. The first-order valence-corrected chi connectivity index (χ1v) is 14.0. The number of fused-ring (bicyclic) bond motifs is 3. The number of hydrogen-bond donors (Lipinski definition) is 0. The van der Waals surface area contributed by atoms with Crippen molar-refractivity contribution < 1.29 is 37.7 Å². The van der Waals surface area contributed by atoms with Gasteiger partial charge in [0.05, 0.1) is 6.33 Å². The van der Waals surface area contributed by atoms with Crippen molar-refractivity contribution in [3.05, 3.63) is 41.2 Å². The van der Waals surface area contributed by atoms with Crippen LogP contribution in [0.2, 0.25) is 5.28 Å². The summed E-state index contributed by atoms with van der Waals surface area (Å²) >= 11 is 6.47. The minimum absolute atomic E-state index is 0.0645. The van der Waals surface area contributed by atoms with E-state index in [1.165, 1.54) is 37.7 Å². The molecule has 1 aliphatic carbocycles. The van der Waals surface area contributed by atoms with E-state index < -0.39 is 42.4 Å². The SMILES string of the molecule is CC(=O)OC[C@H]1O[C@@H](n2cnc3c(N4CC5(CCCC5)c5cc(F)ccc54)nc(Cl)nc32)C(OC(C)=O)C1OC(C)=O. The molecule has 4 atom stereocenters. The van der Waals surface area contributed by atoms with Crippen LogP contribution in [0.5, 0.6) is 0 Å². The number of anilines is 2. The maximum Gasteiger partial charge on any atom is 0.303 e. The van der Waals surface area contributed by atoms with E-state index in [-0.39, 0.29) is 28.8 Å². The smallest absolute Gasteiger partial charge is 0.303 e. The first-order valence-electron chi connectivity index (χ1n) is 13.7. The van der Waals surface area contributed by atoms with Crippen molar-refractivity contribution in [2.24, 2.45) is 0 Å². The summed E-state index contributed by atoms with van der Waals surface area (Å²) in [6, 6.07) is 4.78. The van der Waals surface area contributed by atoms with E-state index in [1.54, 1.807) is 12.1 Å². The number of benzene rings is 1. The van der Waals surface area contributed by atoms with Gasteiger partial charge in [-0.3, -0.25) is 19.0 Å². The lowest BCUT2D eigenvalue weighted by molar-refractivity contribution is -0.166. The number of halogens is 2. The topological polar surface area (TPSA) is 135 Å². The lowest BCUT2D eigenvalue weighted by Gasteiger charge is -2.25. The minimum Gasteiger partial charge on any atom is -0.463 e. The van der Waals surface area contributed by atoms with E-state index >= 15 is 0 Å². The van der Waals surface area contributed by atoms with Crippen LogP contribution in [0, 0.1) is 5.82 Å². The Kier molecular flexibility index (Phi) is 7.26. The molecule has 1 aromatic carbocycles. The van der Waals surface area contributed by atoms with E-state index in [1.807, 2.05) is 4.90 Å². The van der Waals surface area contributed by atoms with Gasteiger partial charge in [-0.1, -0.05) is 12.8 Å². The fourth-order valence-electron chi connectivity index (χ4n) is 6.48. The quantitative estimate of drug-likeness (QED) is 0.231. The third-order valence-corrected chi connectivity index (χ3v) is 8.26. The van der Waals surface area contributed by atoms with Crippen molar-refractivity contribution in [2.75, 3.05) is 18.1 Å². The van der Waals surface area contributed by atoms with Crippen molar-refractivity contribution in [3.63, 3.8) is 0 Å². The molecule has 42 heavy (non-hydrogen) atoms. The molecule has 222 valence electrons. The van der Waals surface area contributed by atoms with Crippen molar-refractivity contribution in [3.8, 4) is 0 Å².